The molecule has 1 heterocycles. The predicted molar refractivity (Wildman–Crippen MR) is 127 cm³/mol. The van der Waals surface area contributed by atoms with E-state index >= 15 is 0 Å². The van der Waals surface area contributed by atoms with E-state index in [4.69, 9.17) is 4.98 Å². The third-order valence-corrected chi connectivity index (χ3v) is 6.30. The summed E-state index contributed by atoms with van der Waals surface area (Å²) in [6.45, 7) is 2.22. The van der Waals surface area contributed by atoms with Gasteiger partial charge in [0.2, 0.25) is 0 Å². The molecule has 0 aliphatic carbocycles. The monoisotopic (exact) mass is 414 g/mol. The molecule has 0 radical (unpaired) electrons. The van der Waals surface area contributed by atoms with Gasteiger partial charge in [-0.3, -0.25) is 4.79 Å². The van der Waals surface area contributed by atoms with Crippen molar-refractivity contribution in [2.24, 2.45) is 0 Å². The van der Waals surface area contributed by atoms with Crippen molar-refractivity contribution in [1.29, 1.82) is 0 Å². The van der Waals surface area contributed by atoms with E-state index < -0.39 is 0 Å². The minimum absolute atomic E-state index is 0.0962. The summed E-state index contributed by atoms with van der Waals surface area (Å²) >= 11 is 1.64. The molecule has 0 atom stereocenters. The van der Waals surface area contributed by atoms with Gasteiger partial charge in [-0.25, -0.2) is 4.98 Å². The molecule has 3 nitrogen and oxygen atoms in total. The van der Waals surface area contributed by atoms with Crippen LogP contribution in [-0.2, 0) is 6.42 Å². The van der Waals surface area contributed by atoms with E-state index in [1.807, 2.05) is 54.6 Å². The van der Waals surface area contributed by atoms with Crippen LogP contribution in [0.4, 0.5) is 5.69 Å². The topological polar surface area (TPSA) is 42.0 Å². The number of hydrogen-bond acceptors (Lipinski definition) is 3. The van der Waals surface area contributed by atoms with Crippen molar-refractivity contribution in [1.82, 2.24) is 4.98 Å². The van der Waals surface area contributed by atoms with E-state index in [1.165, 1.54) is 31.2 Å². The van der Waals surface area contributed by atoms with Gasteiger partial charge in [0.25, 0.3) is 5.91 Å². The maximum absolute atomic E-state index is 12.9. The summed E-state index contributed by atoms with van der Waals surface area (Å²) in [6, 6.07) is 23.9. The zero-order chi connectivity index (χ0) is 20.8. The summed E-state index contributed by atoms with van der Waals surface area (Å²) in [5.74, 6) is -0.0962. The van der Waals surface area contributed by atoms with Crippen molar-refractivity contribution in [3.63, 3.8) is 0 Å². The second-order valence-electron chi connectivity index (χ2n) is 7.49. The van der Waals surface area contributed by atoms with Crippen LogP contribution in [-0.4, -0.2) is 10.9 Å². The minimum Gasteiger partial charge on any atom is -0.321 e. The molecule has 0 saturated heterocycles. The van der Waals surface area contributed by atoms with Crippen LogP contribution in [0.3, 0.4) is 0 Å². The molecule has 0 spiro atoms. The van der Waals surface area contributed by atoms with Crippen LogP contribution < -0.4 is 5.32 Å². The smallest absolute Gasteiger partial charge is 0.255 e. The first kappa shape index (κ1) is 20.3. The molecule has 0 fully saturated rings. The molecular formula is C26H26N2OS. The summed E-state index contributed by atoms with van der Waals surface area (Å²) in [5.41, 5.74) is 4.67. The van der Waals surface area contributed by atoms with Gasteiger partial charge in [-0.2, -0.15) is 0 Å². The Bertz CT molecular complexity index is 1100. The fourth-order valence-electron chi connectivity index (χ4n) is 3.54. The molecule has 1 aromatic heterocycles. The predicted octanol–water partition coefficient (Wildman–Crippen LogP) is 7.34. The van der Waals surface area contributed by atoms with Gasteiger partial charge in [0.15, 0.2) is 0 Å². The van der Waals surface area contributed by atoms with Crippen LogP contribution in [0, 0.1) is 0 Å². The number of para-hydroxylation sites is 2. The Hall–Kier alpha value is -2.98. The van der Waals surface area contributed by atoms with Crippen molar-refractivity contribution < 1.29 is 4.79 Å². The number of benzene rings is 3. The molecule has 4 heteroatoms. The first-order valence-corrected chi connectivity index (χ1v) is 11.4. The van der Waals surface area contributed by atoms with Gasteiger partial charge in [-0.05, 0) is 54.8 Å². The third kappa shape index (κ3) is 4.77. The lowest BCUT2D eigenvalue weighted by Crippen LogP contribution is -2.12. The van der Waals surface area contributed by atoms with Gasteiger partial charge in [-0.15, -0.1) is 11.3 Å². The number of thiazole rings is 1. The van der Waals surface area contributed by atoms with Gasteiger partial charge in [0.1, 0.15) is 5.01 Å². The van der Waals surface area contributed by atoms with Crippen molar-refractivity contribution in [2.45, 2.75) is 39.0 Å². The molecular weight excluding hydrogens is 388 g/mol. The Balaban J connectivity index is 1.48. The zero-order valence-corrected chi connectivity index (χ0v) is 18.0. The fraction of sp³-hybridized carbons (Fsp3) is 0.231. The number of carbonyl (C=O) groups excluding carboxylic acids is 1. The molecule has 152 valence electrons. The highest BCUT2D eigenvalue weighted by molar-refractivity contribution is 7.21. The molecule has 30 heavy (non-hydrogen) atoms. The number of rotatable bonds is 8. The SMILES string of the molecule is CCCCCCc1ccc(C(=O)Nc2ccccc2-c2nc3ccccc3s2)cc1. The van der Waals surface area contributed by atoms with Crippen molar-refractivity contribution in [2.75, 3.05) is 5.32 Å². The summed E-state index contributed by atoms with van der Waals surface area (Å²) < 4.78 is 1.14. The number of carbonyl (C=O) groups is 1. The van der Waals surface area contributed by atoms with E-state index in [1.54, 1.807) is 11.3 Å². The van der Waals surface area contributed by atoms with Crippen LogP contribution in [0.1, 0.15) is 48.5 Å². The van der Waals surface area contributed by atoms with Gasteiger partial charge in [0, 0.05) is 11.1 Å². The summed E-state index contributed by atoms with van der Waals surface area (Å²) in [4.78, 5) is 17.6. The number of hydrogen-bond donors (Lipinski definition) is 1. The molecule has 1 amide bonds. The maximum atomic E-state index is 12.9. The molecule has 1 N–H and O–H groups in total. The van der Waals surface area contributed by atoms with E-state index in [0.29, 0.717) is 5.56 Å². The molecule has 0 aliphatic rings. The zero-order valence-electron chi connectivity index (χ0n) is 17.2. The summed E-state index contributed by atoms with van der Waals surface area (Å²) in [5, 5.41) is 3.99. The van der Waals surface area contributed by atoms with Crippen molar-refractivity contribution in [3.05, 3.63) is 83.9 Å². The second-order valence-corrected chi connectivity index (χ2v) is 8.52. The maximum Gasteiger partial charge on any atom is 0.255 e. The lowest BCUT2D eigenvalue weighted by Gasteiger charge is -2.10. The van der Waals surface area contributed by atoms with E-state index in [2.05, 4.69) is 30.4 Å². The number of amides is 1. The lowest BCUT2D eigenvalue weighted by molar-refractivity contribution is 0.102. The first-order chi connectivity index (χ1) is 14.7. The Labute approximate surface area is 181 Å². The highest BCUT2D eigenvalue weighted by Gasteiger charge is 2.13. The Morgan fingerprint density at radius 3 is 2.47 bits per heavy atom. The van der Waals surface area contributed by atoms with Crippen molar-refractivity contribution >= 4 is 33.1 Å². The minimum atomic E-state index is -0.0962. The number of fused-ring (bicyclic) bond motifs is 1. The largest absolute Gasteiger partial charge is 0.321 e. The fourth-order valence-corrected chi connectivity index (χ4v) is 4.54. The van der Waals surface area contributed by atoms with Crippen molar-refractivity contribution in [3.8, 4) is 10.6 Å². The molecule has 3 aromatic carbocycles. The quantitative estimate of drug-likeness (QED) is 0.306. The number of nitrogens with zero attached hydrogens (tertiary/aromatic N) is 1. The lowest BCUT2D eigenvalue weighted by atomic mass is 10.0. The molecule has 0 aliphatic heterocycles. The number of aromatic nitrogens is 1. The standard InChI is InChI=1S/C26H26N2OS/c1-2-3-4-5-10-19-15-17-20(18-16-19)25(29)27-22-12-7-6-11-21(22)26-28-23-13-8-9-14-24(23)30-26/h6-9,11-18H,2-5,10H2,1H3,(H,27,29). The molecule has 4 aromatic rings. The highest BCUT2D eigenvalue weighted by atomic mass is 32.1. The second kappa shape index (κ2) is 9.68. The first-order valence-electron chi connectivity index (χ1n) is 10.6. The van der Waals surface area contributed by atoms with Crippen LogP contribution in [0.15, 0.2) is 72.8 Å². The van der Waals surface area contributed by atoms with Gasteiger partial charge in [0.05, 0.1) is 15.9 Å². The number of unbranched alkanes of at least 4 members (excludes halogenated alkanes) is 3. The molecule has 0 saturated carbocycles. The summed E-state index contributed by atoms with van der Waals surface area (Å²) in [7, 11) is 0. The van der Waals surface area contributed by atoms with Crippen LogP contribution >= 0.6 is 11.3 Å². The van der Waals surface area contributed by atoms with E-state index in [0.717, 1.165) is 32.9 Å². The number of anilines is 1. The molecule has 4 rings (SSSR count). The summed E-state index contributed by atoms with van der Waals surface area (Å²) in [6.07, 6.45) is 6.07. The highest BCUT2D eigenvalue weighted by Crippen LogP contribution is 2.34. The third-order valence-electron chi connectivity index (χ3n) is 5.23. The Morgan fingerprint density at radius 1 is 0.900 bits per heavy atom. The van der Waals surface area contributed by atoms with Gasteiger partial charge in [-0.1, -0.05) is 62.6 Å². The van der Waals surface area contributed by atoms with E-state index in [-0.39, 0.29) is 5.91 Å². The number of nitrogens with one attached hydrogen (secondary N) is 1. The Kier molecular flexibility index (Phi) is 6.55. The number of aryl methyl sites for hydroxylation is 1. The van der Waals surface area contributed by atoms with Crippen LogP contribution in [0.5, 0.6) is 0 Å². The normalized spacial score (nSPS) is 11.0. The average molecular weight is 415 g/mol. The molecule has 0 unspecified atom stereocenters. The van der Waals surface area contributed by atoms with Gasteiger partial charge >= 0.3 is 0 Å². The molecule has 0 bridgehead atoms. The van der Waals surface area contributed by atoms with Gasteiger partial charge < -0.3 is 5.32 Å². The average Bonchev–Trinajstić information content (AvgIpc) is 3.21. The Morgan fingerprint density at radius 2 is 1.67 bits per heavy atom. The van der Waals surface area contributed by atoms with Crippen LogP contribution in [0.25, 0.3) is 20.8 Å². The van der Waals surface area contributed by atoms with E-state index in [9.17, 15) is 4.79 Å². The van der Waals surface area contributed by atoms with Crippen LogP contribution in [0.2, 0.25) is 0 Å².